The minimum atomic E-state index is -1.35. The predicted molar refractivity (Wildman–Crippen MR) is 82.8 cm³/mol. The summed E-state index contributed by atoms with van der Waals surface area (Å²) < 4.78 is 12.5. The van der Waals surface area contributed by atoms with E-state index in [-0.39, 0.29) is 6.42 Å². The Morgan fingerprint density at radius 2 is 1.78 bits per heavy atom. The Morgan fingerprint density at radius 1 is 1.09 bits per heavy atom. The number of ketones is 1. The topological polar surface area (TPSA) is 83.5 Å². The van der Waals surface area contributed by atoms with Crippen molar-refractivity contribution < 1.29 is 23.9 Å². The van der Waals surface area contributed by atoms with Gasteiger partial charge in [0.05, 0.1) is 12.8 Å². The van der Waals surface area contributed by atoms with Crippen LogP contribution in [0, 0.1) is 0 Å². The Labute approximate surface area is 132 Å². The second kappa shape index (κ2) is 7.49. The first-order valence-corrected chi connectivity index (χ1v) is 7.07. The van der Waals surface area contributed by atoms with Gasteiger partial charge in [0, 0.05) is 0 Å². The van der Waals surface area contributed by atoms with E-state index in [0.29, 0.717) is 0 Å². The molecule has 120 valence electrons. The average Bonchev–Trinajstić information content (AvgIpc) is 2.53. The predicted octanol–water partition coefficient (Wildman–Crippen LogP) is 1.88. The number of carbonyl (C=O) groups is 3. The highest BCUT2D eigenvalue weighted by Gasteiger charge is 2.23. The van der Waals surface area contributed by atoms with Crippen molar-refractivity contribution in [2.75, 3.05) is 6.67 Å². The van der Waals surface area contributed by atoms with Crippen molar-refractivity contribution in [2.45, 2.75) is 18.9 Å². The van der Waals surface area contributed by atoms with Crippen molar-refractivity contribution in [3.63, 3.8) is 0 Å². The van der Waals surface area contributed by atoms with Gasteiger partial charge in [0.15, 0.2) is 5.78 Å². The van der Waals surface area contributed by atoms with Crippen molar-refractivity contribution in [3.8, 4) is 0 Å². The summed E-state index contributed by atoms with van der Waals surface area (Å²) >= 11 is 0. The molecule has 0 saturated heterocycles. The molecule has 0 fully saturated rings. The molecule has 0 aliphatic rings. The van der Waals surface area contributed by atoms with Gasteiger partial charge < -0.3 is 10.4 Å². The summed E-state index contributed by atoms with van der Waals surface area (Å²) in [5.41, 5.74) is 0.752. The minimum Gasteiger partial charge on any atom is -0.481 e. The number of nitrogens with one attached hydrogen (secondary N) is 1. The first kappa shape index (κ1) is 16.6. The number of carboxylic acids is 1. The molecule has 1 atom stereocenters. The van der Waals surface area contributed by atoms with Crippen LogP contribution in [-0.2, 0) is 20.8 Å². The molecule has 23 heavy (non-hydrogen) atoms. The third-order valence-corrected chi connectivity index (χ3v) is 3.47. The molecule has 0 aliphatic carbocycles. The molecule has 2 rings (SSSR count). The number of fused-ring (bicyclic) bond motifs is 1. The van der Waals surface area contributed by atoms with E-state index in [9.17, 15) is 18.8 Å². The van der Waals surface area contributed by atoms with Crippen LogP contribution in [0.1, 0.15) is 12.0 Å². The van der Waals surface area contributed by atoms with Crippen LogP contribution in [0.3, 0.4) is 0 Å². The number of aliphatic carboxylic acids is 1. The molecule has 0 radical (unpaired) electrons. The minimum absolute atomic E-state index is 0.0168. The van der Waals surface area contributed by atoms with Gasteiger partial charge in [-0.15, -0.1) is 0 Å². The molecule has 1 amide bonds. The van der Waals surface area contributed by atoms with Crippen molar-refractivity contribution in [1.29, 1.82) is 0 Å². The van der Waals surface area contributed by atoms with E-state index >= 15 is 0 Å². The zero-order valence-electron chi connectivity index (χ0n) is 12.3. The van der Waals surface area contributed by atoms with Crippen LogP contribution in [0.4, 0.5) is 4.39 Å². The van der Waals surface area contributed by atoms with Crippen LogP contribution < -0.4 is 5.32 Å². The van der Waals surface area contributed by atoms with Crippen molar-refractivity contribution >= 4 is 28.4 Å². The third kappa shape index (κ3) is 4.35. The second-order valence-electron chi connectivity index (χ2n) is 5.13. The van der Waals surface area contributed by atoms with Crippen LogP contribution in [0.15, 0.2) is 42.5 Å². The van der Waals surface area contributed by atoms with Gasteiger partial charge in [-0.1, -0.05) is 42.5 Å². The number of rotatable bonds is 7. The number of benzene rings is 2. The van der Waals surface area contributed by atoms with Gasteiger partial charge in [-0.05, 0) is 16.3 Å². The summed E-state index contributed by atoms with van der Waals surface area (Å²) in [7, 11) is 0. The highest BCUT2D eigenvalue weighted by molar-refractivity contribution is 5.94. The Kier molecular flexibility index (Phi) is 5.41. The van der Waals surface area contributed by atoms with Gasteiger partial charge in [0.1, 0.15) is 12.7 Å². The monoisotopic (exact) mass is 317 g/mol. The molecule has 0 saturated carbocycles. The molecule has 5 nitrogen and oxygen atoms in total. The van der Waals surface area contributed by atoms with Crippen LogP contribution in [0.25, 0.3) is 10.8 Å². The molecule has 0 aliphatic heterocycles. The highest BCUT2D eigenvalue weighted by Crippen LogP contribution is 2.18. The highest BCUT2D eigenvalue weighted by atomic mass is 19.1. The lowest BCUT2D eigenvalue weighted by Crippen LogP contribution is -2.43. The van der Waals surface area contributed by atoms with Gasteiger partial charge >= 0.3 is 5.97 Å². The van der Waals surface area contributed by atoms with Crippen LogP contribution in [-0.4, -0.2) is 35.5 Å². The molecule has 0 heterocycles. The Bertz CT molecular complexity index is 739. The van der Waals surface area contributed by atoms with E-state index in [0.717, 1.165) is 16.3 Å². The summed E-state index contributed by atoms with van der Waals surface area (Å²) in [4.78, 5) is 34.2. The number of hydrogen-bond acceptors (Lipinski definition) is 3. The molecular formula is C17H16FNO4. The van der Waals surface area contributed by atoms with Crippen LogP contribution >= 0.6 is 0 Å². The standard InChI is InChI=1S/C17H16FNO4/c18-10-15(20)14(9-17(22)23)19-16(21)8-12-6-3-5-11-4-1-2-7-13(11)12/h1-7,14H,8-10H2,(H,19,21)(H,22,23). The zero-order chi connectivity index (χ0) is 16.8. The second-order valence-corrected chi connectivity index (χ2v) is 5.13. The molecule has 0 aromatic heterocycles. The SMILES string of the molecule is O=C(O)CC(NC(=O)Cc1cccc2ccccc12)C(=O)CF. The lowest BCUT2D eigenvalue weighted by molar-refractivity contribution is -0.140. The first-order valence-electron chi connectivity index (χ1n) is 7.07. The molecule has 2 aromatic carbocycles. The van der Waals surface area contributed by atoms with Gasteiger partial charge in [-0.3, -0.25) is 14.4 Å². The van der Waals surface area contributed by atoms with E-state index < -0.39 is 36.8 Å². The third-order valence-electron chi connectivity index (χ3n) is 3.47. The Balaban J connectivity index is 2.13. The summed E-state index contributed by atoms with van der Waals surface area (Å²) in [6.45, 7) is -1.31. The quantitative estimate of drug-likeness (QED) is 0.817. The number of alkyl halides is 1. The first-order chi connectivity index (χ1) is 11.0. The summed E-state index contributed by atoms with van der Waals surface area (Å²) in [6.07, 6.45) is -0.652. The van der Waals surface area contributed by atoms with Gasteiger partial charge in [0.2, 0.25) is 5.91 Å². The summed E-state index contributed by atoms with van der Waals surface area (Å²) in [5, 5.41) is 12.9. The largest absolute Gasteiger partial charge is 0.481 e. The number of hydrogen-bond donors (Lipinski definition) is 2. The maximum absolute atomic E-state index is 12.5. The van der Waals surface area contributed by atoms with E-state index in [1.54, 1.807) is 6.07 Å². The maximum atomic E-state index is 12.5. The molecular weight excluding hydrogens is 301 g/mol. The fraction of sp³-hybridized carbons (Fsp3) is 0.235. The Morgan fingerprint density at radius 3 is 2.48 bits per heavy atom. The van der Waals surface area contributed by atoms with E-state index in [4.69, 9.17) is 5.11 Å². The smallest absolute Gasteiger partial charge is 0.305 e. The van der Waals surface area contributed by atoms with Gasteiger partial charge in [0.25, 0.3) is 0 Å². The lowest BCUT2D eigenvalue weighted by Gasteiger charge is -2.15. The van der Waals surface area contributed by atoms with Crippen LogP contribution in [0.2, 0.25) is 0 Å². The average molecular weight is 317 g/mol. The Hall–Kier alpha value is -2.76. The van der Waals surface area contributed by atoms with Crippen molar-refractivity contribution in [3.05, 3.63) is 48.0 Å². The molecule has 6 heteroatoms. The molecule has 1 unspecified atom stereocenters. The fourth-order valence-electron chi connectivity index (χ4n) is 2.38. The van der Waals surface area contributed by atoms with E-state index in [1.807, 2.05) is 36.4 Å². The molecule has 0 spiro atoms. The van der Waals surface area contributed by atoms with Gasteiger partial charge in [-0.25, -0.2) is 4.39 Å². The number of Topliss-reactive ketones (excluding diaryl/α,β-unsaturated/α-hetero) is 1. The number of carboxylic acid groups (broad SMARTS) is 1. The summed E-state index contributed by atoms with van der Waals surface area (Å²) in [5.74, 6) is -2.74. The van der Waals surface area contributed by atoms with Crippen molar-refractivity contribution in [1.82, 2.24) is 5.32 Å². The van der Waals surface area contributed by atoms with E-state index in [1.165, 1.54) is 0 Å². The van der Waals surface area contributed by atoms with Crippen molar-refractivity contribution in [2.24, 2.45) is 0 Å². The molecule has 0 bridgehead atoms. The number of carbonyl (C=O) groups excluding carboxylic acids is 2. The zero-order valence-corrected chi connectivity index (χ0v) is 12.3. The number of amides is 1. The van der Waals surface area contributed by atoms with Gasteiger partial charge in [-0.2, -0.15) is 0 Å². The maximum Gasteiger partial charge on any atom is 0.305 e. The fourth-order valence-corrected chi connectivity index (χ4v) is 2.38. The molecule has 2 aromatic rings. The van der Waals surface area contributed by atoms with Crippen LogP contribution in [0.5, 0.6) is 0 Å². The summed E-state index contributed by atoms with van der Waals surface area (Å²) in [6, 6.07) is 11.7. The normalized spacial score (nSPS) is 11.9. The van der Waals surface area contributed by atoms with E-state index in [2.05, 4.69) is 5.32 Å². The lowest BCUT2D eigenvalue weighted by atomic mass is 10.0. The molecule has 2 N–H and O–H groups in total. The number of halogens is 1.